The van der Waals surface area contributed by atoms with Crippen molar-refractivity contribution < 1.29 is 23.8 Å². The lowest BCUT2D eigenvalue weighted by atomic mass is 10.3. The summed E-state index contributed by atoms with van der Waals surface area (Å²) in [4.78, 5) is 21.3. The predicted molar refractivity (Wildman–Crippen MR) is 52.9 cm³/mol. The van der Waals surface area contributed by atoms with E-state index in [9.17, 15) is 14.0 Å². The number of halogens is 1. The highest BCUT2D eigenvalue weighted by molar-refractivity contribution is 6.02. The van der Waals surface area contributed by atoms with Crippen molar-refractivity contribution in [2.75, 3.05) is 5.32 Å². The molecule has 1 aromatic rings. The summed E-state index contributed by atoms with van der Waals surface area (Å²) in [6.45, 7) is -0.0248. The number of carbonyl (C=O) groups is 2. The molecule has 16 heavy (non-hydrogen) atoms. The van der Waals surface area contributed by atoms with Crippen molar-refractivity contribution in [1.82, 2.24) is 0 Å². The maximum atomic E-state index is 13.1. The van der Waals surface area contributed by atoms with Crippen LogP contribution in [0.2, 0.25) is 0 Å². The van der Waals surface area contributed by atoms with Gasteiger partial charge in [-0.1, -0.05) is 12.1 Å². The number of hydrogen-bond acceptors (Lipinski definition) is 4. The molecule has 1 rings (SSSR count). The Hall–Kier alpha value is -2.37. The van der Waals surface area contributed by atoms with Crippen molar-refractivity contribution in [2.24, 2.45) is 0 Å². The zero-order valence-electron chi connectivity index (χ0n) is 8.01. The summed E-state index contributed by atoms with van der Waals surface area (Å²) in [5.41, 5.74) is -0.0821. The number of ether oxygens (including phenoxy) is 1. The van der Waals surface area contributed by atoms with Gasteiger partial charge in [-0.25, -0.2) is 4.39 Å². The van der Waals surface area contributed by atoms with Crippen LogP contribution < -0.4 is 5.32 Å². The third kappa shape index (κ3) is 2.81. The van der Waals surface area contributed by atoms with Gasteiger partial charge >= 0.3 is 0 Å². The van der Waals surface area contributed by atoms with Gasteiger partial charge in [0.1, 0.15) is 12.1 Å². The third-order valence-electron chi connectivity index (χ3n) is 1.64. The van der Waals surface area contributed by atoms with Crippen LogP contribution in [0, 0.1) is 5.82 Å². The van der Waals surface area contributed by atoms with E-state index in [1.165, 1.54) is 18.2 Å². The van der Waals surface area contributed by atoms with Crippen LogP contribution in [0.4, 0.5) is 10.1 Å². The molecule has 6 heteroatoms. The monoisotopic (exact) mass is 225 g/mol. The highest BCUT2D eigenvalue weighted by atomic mass is 19.1. The minimum absolute atomic E-state index is 0.0248. The van der Waals surface area contributed by atoms with Crippen molar-refractivity contribution in [3.8, 4) is 0 Å². The summed E-state index contributed by atoms with van der Waals surface area (Å²) in [6.07, 6.45) is 0.310. The average molecular weight is 225 g/mol. The van der Waals surface area contributed by atoms with Crippen LogP contribution in [0.5, 0.6) is 0 Å². The highest BCUT2D eigenvalue weighted by Crippen LogP contribution is 2.13. The standard InChI is InChI=1S/C10H8FNO4/c11-7-3-1-2-4-8(7)12-10(15)9(5-13)16-6-14/h1-6,13H,(H,12,15). The van der Waals surface area contributed by atoms with E-state index in [0.717, 1.165) is 6.07 Å². The smallest absolute Gasteiger partial charge is 0.298 e. The van der Waals surface area contributed by atoms with Gasteiger partial charge in [0, 0.05) is 0 Å². The highest BCUT2D eigenvalue weighted by Gasteiger charge is 2.13. The minimum atomic E-state index is -0.931. The number of aliphatic hydroxyl groups is 1. The van der Waals surface area contributed by atoms with Crippen LogP contribution >= 0.6 is 0 Å². The van der Waals surface area contributed by atoms with E-state index >= 15 is 0 Å². The lowest BCUT2D eigenvalue weighted by molar-refractivity contribution is -0.130. The van der Waals surface area contributed by atoms with Gasteiger partial charge in [-0.2, -0.15) is 0 Å². The van der Waals surface area contributed by atoms with Crippen molar-refractivity contribution in [3.63, 3.8) is 0 Å². The first-order valence-electron chi connectivity index (χ1n) is 4.19. The van der Waals surface area contributed by atoms with Crippen LogP contribution in [-0.4, -0.2) is 17.5 Å². The van der Waals surface area contributed by atoms with E-state index in [1.807, 2.05) is 0 Å². The third-order valence-corrected chi connectivity index (χ3v) is 1.64. The molecular formula is C10H8FNO4. The van der Waals surface area contributed by atoms with E-state index in [2.05, 4.69) is 10.1 Å². The van der Waals surface area contributed by atoms with Crippen molar-refractivity contribution >= 4 is 18.1 Å². The van der Waals surface area contributed by atoms with Gasteiger partial charge in [0.2, 0.25) is 5.76 Å². The number of rotatable bonds is 4. The summed E-state index contributed by atoms with van der Waals surface area (Å²) in [7, 11) is 0. The Bertz CT molecular complexity index is 431. The predicted octanol–water partition coefficient (Wildman–Crippen LogP) is 1.34. The van der Waals surface area contributed by atoms with Crippen molar-refractivity contribution in [1.29, 1.82) is 0 Å². The van der Waals surface area contributed by atoms with Crippen molar-refractivity contribution in [3.05, 3.63) is 42.1 Å². The fraction of sp³-hybridized carbons (Fsp3) is 0. The second-order valence-corrected chi connectivity index (χ2v) is 2.64. The number of carbonyl (C=O) groups excluding carboxylic acids is 2. The molecule has 0 spiro atoms. The molecule has 1 aromatic carbocycles. The maximum Gasteiger partial charge on any atom is 0.298 e. The Morgan fingerprint density at radius 2 is 2.12 bits per heavy atom. The summed E-state index contributed by atoms with van der Waals surface area (Å²) in [5, 5.41) is 10.7. The van der Waals surface area contributed by atoms with Gasteiger partial charge in [0.05, 0.1) is 5.69 Å². The van der Waals surface area contributed by atoms with Gasteiger partial charge < -0.3 is 15.2 Å². The molecule has 0 radical (unpaired) electrons. The van der Waals surface area contributed by atoms with Crippen LogP contribution in [-0.2, 0) is 14.3 Å². The summed E-state index contributed by atoms with van der Waals surface area (Å²) in [5.74, 6) is -2.20. The average Bonchev–Trinajstić information content (AvgIpc) is 2.29. The number of nitrogens with one attached hydrogen (secondary N) is 1. The Morgan fingerprint density at radius 1 is 1.44 bits per heavy atom. The Kier molecular flexibility index (Phi) is 4.02. The largest absolute Gasteiger partial charge is 0.511 e. The first-order valence-corrected chi connectivity index (χ1v) is 4.19. The molecule has 0 aliphatic carbocycles. The van der Waals surface area contributed by atoms with Gasteiger partial charge in [-0.3, -0.25) is 9.59 Å². The normalized spacial score (nSPS) is 10.7. The topological polar surface area (TPSA) is 75.6 Å². The Balaban J connectivity index is 2.78. The molecule has 0 unspecified atom stereocenters. The maximum absolute atomic E-state index is 13.1. The lowest BCUT2D eigenvalue weighted by Crippen LogP contribution is -2.17. The second-order valence-electron chi connectivity index (χ2n) is 2.64. The molecule has 0 bridgehead atoms. The number of para-hydroxylation sites is 1. The molecule has 0 fully saturated rings. The van der Waals surface area contributed by atoms with E-state index < -0.39 is 17.5 Å². The van der Waals surface area contributed by atoms with E-state index in [0.29, 0.717) is 6.26 Å². The van der Waals surface area contributed by atoms with Gasteiger partial charge in [-0.15, -0.1) is 0 Å². The van der Waals surface area contributed by atoms with E-state index in [4.69, 9.17) is 5.11 Å². The molecule has 0 saturated carbocycles. The van der Waals surface area contributed by atoms with Crippen LogP contribution in [0.15, 0.2) is 36.3 Å². The molecular weight excluding hydrogens is 217 g/mol. The number of anilines is 1. The zero-order chi connectivity index (χ0) is 12.0. The van der Waals surface area contributed by atoms with Crippen LogP contribution in [0.25, 0.3) is 0 Å². The number of aliphatic hydroxyl groups excluding tert-OH is 1. The molecule has 0 saturated heterocycles. The van der Waals surface area contributed by atoms with E-state index in [-0.39, 0.29) is 12.2 Å². The fourth-order valence-electron chi connectivity index (χ4n) is 0.941. The van der Waals surface area contributed by atoms with Crippen LogP contribution in [0.3, 0.4) is 0 Å². The molecule has 0 aliphatic heterocycles. The Labute approximate surface area is 90.1 Å². The molecule has 84 valence electrons. The first kappa shape index (κ1) is 11.7. The number of amides is 1. The summed E-state index contributed by atoms with van der Waals surface area (Å²) >= 11 is 0. The molecule has 0 aromatic heterocycles. The number of hydrogen-bond donors (Lipinski definition) is 2. The fourth-order valence-corrected chi connectivity index (χ4v) is 0.941. The minimum Gasteiger partial charge on any atom is -0.511 e. The molecule has 0 aliphatic rings. The van der Waals surface area contributed by atoms with Gasteiger partial charge in [0.25, 0.3) is 12.4 Å². The Morgan fingerprint density at radius 3 is 2.69 bits per heavy atom. The summed E-state index contributed by atoms with van der Waals surface area (Å²) < 4.78 is 17.3. The van der Waals surface area contributed by atoms with Crippen LogP contribution in [0.1, 0.15) is 0 Å². The SMILES string of the molecule is O=COC(=CO)C(=O)Nc1ccccc1F. The van der Waals surface area contributed by atoms with Gasteiger partial charge in [-0.05, 0) is 12.1 Å². The number of benzene rings is 1. The van der Waals surface area contributed by atoms with E-state index in [1.54, 1.807) is 0 Å². The molecule has 0 atom stereocenters. The first-order chi connectivity index (χ1) is 7.69. The lowest BCUT2D eigenvalue weighted by Gasteiger charge is -2.06. The van der Waals surface area contributed by atoms with Gasteiger partial charge in [0.15, 0.2) is 0 Å². The summed E-state index contributed by atoms with van der Waals surface area (Å²) in [6, 6.07) is 5.44. The van der Waals surface area contributed by atoms with Crippen molar-refractivity contribution in [2.45, 2.75) is 0 Å². The molecule has 5 nitrogen and oxygen atoms in total. The molecule has 2 N–H and O–H groups in total. The quantitative estimate of drug-likeness (QED) is 0.460. The zero-order valence-corrected chi connectivity index (χ0v) is 8.01. The molecule has 1 amide bonds. The second kappa shape index (κ2) is 5.50. The molecule has 0 heterocycles.